The lowest BCUT2D eigenvalue weighted by atomic mass is 9.80. The zero-order valence-electron chi connectivity index (χ0n) is 12.2. The van der Waals surface area contributed by atoms with Gasteiger partial charge >= 0.3 is 7.12 Å². The second-order valence-corrected chi connectivity index (χ2v) is 6.00. The summed E-state index contributed by atoms with van der Waals surface area (Å²) in [6, 6.07) is 2.16. The van der Waals surface area contributed by atoms with E-state index >= 15 is 0 Å². The first-order valence-corrected chi connectivity index (χ1v) is 6.58. The van der Waals surface area contributed by atoms with Crippen molar-refractivity contribution in [2.75, 3.05) is 0 Å². The zero-order valence-corrected chi connectivity index (χ0v) is 12.2. The van der Waals surface area contributed by atoms with Gasteiger partial charge in [0.25, 0.3) is 0 Å². The summed E-state index contributed by atoms with van der Waals surface area (Å²) in [5.41, 5.74) is 2.67. The van der Waals surface area contributed by atoms with Gasteiger partial charge in [-0.3, -0.25) is 4.98 Å². The molecule has 3 nitrogen and oxygen atoms in total. The predicted octanol–water partition coefficient (Wildman–Crippen LogP) is 2.25. The van der Waals surface area contributed by atoms with Crippen LogP contribution in [-0.4, -0.2) is 23.3 Å². The number of nitrogens with zero attached hydrogens (tertiary/aromatic N) is 1. The van der Waals surface area contributed by atoms with Crippen LogP contribution in [0.15, 0.2) is 12.3 Å². The Hall–Kier alpha value is -0.865. The second-order valence-electron chi connectivity index (χ2n) is 6.00. The topological polar surface area (TPSA) is 31.4 Å². The van der Waals surface area contributed by atoms with E-state index in [0.717, 1.165) is 12.0 Å². The highest BCUT2D eigenvalue weighted by Gasteiger charge is 2.52. The van der Waals surface area contributed by atoms with Gasteiger partial charge in [0.05, 0.1) is 16.8 Å². The van der Waals surface area contributed by atoms with Crippen LogP contribution in [0, 0.1) is 6.92 Å². The van der Waals surface area contributed by atoms with E-state index in [2.05, 4.69) is 52.6 Å². The summed E-state index contributed by atoms with van der Waals surface area (Å²) in [5.74, 6) is 0. The van der Waals surface area contributed by atoms with E-state index in [1.807, 2.05) is 6.20 Å². The van der Waals surface area contributed by atoms with Gasteiger partial charge in [0.2, 0.25) is 0 Å². The van der Waals surface area contributed by atoms with Crippen LogP contribution in [0.25, 0.3) is 0 Å². The Kier molecular flexibility index (Phi) is 3.28. The van der Waals surface area contributed by atoms with Crippen molar-refractivity contribution in [1.29, 1.82) is 0 Å². The molecule has 2 heterocycles. The molecule has 2 rings (SSSR count). The summed E-state index contributed by atoms with van der Waals surface area (Å²) in [4.78, 5) is 4.51. The summed E-state index contributed by atoms with van der Waals surface area (Å²) in [7, 11) is -0.356. The maximum Gasteiger partial charge on any atom is 0.514 e. The minimum absolute atomic E-state index is 0.310. The minimum Gasteiger partial charge on any atom is -0.398 e. The van der Waals surface area contributed by atoms with Gasteiger partial charge in [-0.05, 0) is 52.2 Å². The van der Waals surface area contributed by atoms with Crippen molar-refractivity contribution in [3.63, 3.8) is 0 Å². The van der Waals surface area contributed by atoms with Crippen LogP contribution in [0.3, 0.4) is 0 Å². The van der Waals surface area contributed by atoms with Crippen LogP contribution in [0.4, 0.5) is 0 Å². The molecule has 1 aliphatic heterocycles. The molecule has 0 saturated carbocycles. The Labute approximate surface area is 110 Å². The molecule has 4 heteroatoms. The fourth-order valence-electron chi connectivity index (χ4n) is 2.09. The highest BCUT2D eigenvalue weighted by molar-refractivity contribution is 6.61. The van der Waals surface area contributed by atoms with Crippen molar-refractivity contribution >= 4 is 12.7 Å². The van der Waals surface area contributed by atoms with Crippen molar-refractivity contribution < 1.29 is 9.31 Å². The predicted molar refractivity (Wildman–Crippen MR) is 74.1 cm³/mol. The molecule has 0 N–H and O–H groups in total. The quantitative estimate of drug-likeness (QED) is 0.751. The Bertz CT molecular complexity index is 441. The number of hydrogen-bond donors (Lipinski definition) is 0. The lowest BCUT2D eigenvalue weighted by Gasteiger charge is -2.32. The van der Waals surface area contributed by atoms with Gasteiger partial charge in [-0.2, -0.15) is 0 Å². The number of aromatic nitrogens is 1. The molecule has 1 aromatic rings. The van der Waals surface area contributed by atoms with Gasteiger partial charge in [0.1, 0.15) is 0 Å². The van der Waals surface area contributed by atoms with Crippen molar-refractivity contribution in [3.05, 3.63) is 23.4 Å². The molecule has 1 aromatic heterocycles. The highest BCUT2D eigenvalue weighted by Crippen LogP contribution is 2.36. The molecular weight excluding hydrogens is 225 g/mol. The monoisotopic (exact) mass is 247 g/mol. The summed E-state index contributed by atoms with van der Waals surface area (Å²) in [5, 5.41) is 0. The molecule has 0 aliphatic carbocycles. The van der Waals surface area contributed by atoms with Crippen molar-refractivity contribution in [1.82, 2.24) is 4.98 Å². The highest BCUT2D eigenvalue weighted by atomic mass is 16.7. The smallest absolute Gasteiger partial charge is 0.398 e. The third-order valence-electron chi connectivity index (χ3n) is 4.00. The summed E-state index contributed by atoms with van der Waals surface area (Å²) in [6.45, 7) is 12.4. The van der Waals surface area contributed by atoms with Crippen LogP contribution >= 0.6 is 0 Å². The largest absolute Gasteiger partial charge is 0.514 e. The van der Waals surface area contributed by atoms with Crippen LogP contribution in [-0.2, 0) is 15.7 Å². The van der Waals surface area contributed by atoms with Gasteiger partial charge in [0, 0.05) is 6.20 Å². The standard InChI is InChI=1S/C14H22BNO2/c1-7-11-8-10(2)9-16-12(11)15-17-13(3,4)14(5,6)18-15/h8-9H,7H2,1-6H3. The average Bonchev–Trinajstić information content (AvgIpc) is 2.47. The lowest BCUT2D eigenvalue weighted by molar-refractivity contribution is 0.00578. The molecule has 1 saturated heterocycles. The molecule has 0 spiro atoms. The fraction of sp³-hybridized carbons (Fsp3) is 0.643. The molecule has 1 fully saturated rings. The van der Waals surface area contributed by atoms with Crippen LogP contribution in [0.2, 0.25) is 0 Å². The van der Waals surface area contributed by atoms with Crippen LogP contribution in [0.1, 0.15) is 45.7 Å². The number of hydrogen-bond acceptors (Lipinski definition) is 3. The Morgan fingerprint density at radius 3 is 2.22 bits per heavy atom. The van der Waals surface area contributed by atoms with E-state index in [9.17, 15) is 0 Å². The van der Waals surface area contributed by atoms with Crippen LogP contribution < -0.4 is 5.59 Å². The number of rotatable bonds is 2. The van der Waals surface area contributed by atoms with Gasteiger partial charge < -0.3 is 9.31 Å². The van der Waals surface area contributed by atoms with Gasteiger partial charge in [0.15, 0.2) is 0 Å². The molecule has 0 aromatic carbocycles. The molecule has 18 heavy (non-hydrogen) atoms. The van der Waals surface area contributed by atoms with E-state index in [1.165, 1.54) is 11.1 Å². The van der Waals surface area contributed by atoms with E-state index < -0.39 is 0 Å². The van der Waals surface area contributed by atoms with E-state index in [4.69, 9.17) is 9.31 Å². The van der Waals surface area contributed by atoms with E-state index in [-0.39, 0.29) is 18.3 Å². The second kappa shape index (κ2) is 4.35. The maximum atomic E-state index is 6.05. The SMILES string of the molecule is CCc1cc(C)cnc1B1OC(C)(C)C(C)(C)O1. The molecule has 0 unspecified atom stereocenters. The van der Waals surface area contributed by atoms with E-state index in [1.54, 1.807) is 0 Å². The Balaban J connectivity index is 2.35. The summed E-state index contributed by atoms with van der Waals surface area (Å²) in [6.07, 6.45) is 2.81. The summed E-state index contributed by atoms with van der Waals surface area (Å²) >= 11 is 0. The molecule has 0 amide bonds. The number of pyridine rings is 1. The fourth-order valence-corrected chi connectivity index (χ4v) is 2.09. The minimum atomic E-state index is -0.356. The van der Waals surface area contributed by atoms with Crippen LogP contribution in [0.5, 0.6) is 0 Å². The third kappa shape index (κ3) is 2.19. The molecular formula is C14H22BNO2. The maximum absolute atomic E-state index is 6.05. The normalized spacial score (nSPS) is 21.3. The molecule has 98 valence electrons. The Morgan fingerprint density at radius 2 is 1.72 bits per heavy atom. The van der Waals surface area contributed by atoms with Crippen molar-refractivity contribution in [2.45, 2.75) is 59.2 Å². The number of aryl methyl sites for hydroxylation is 2. The molecule has 0 bridgehead atoms. The first-order chi connectivity index (χ1) is 8.27. The molecule has 0 radical (unpaired) electrons. The molecule has 0 atom stereocenters. The van der Waals surface area contributed by atoms with Gasteiger partial charge in [-0.15, -0.1) is 0 Å². The zero-order chi connectivity index (χ0) is 13.6. The average molecular weight is 247 g/mol. The Morgan fingerprint density at radius 1 is 1.17 bits per heavy atom. The van der Waals surface area contributed by atoms with Gasteiger partial charge in [-0.25, -0.2) is 0 Å². The van der Waals surface area contributed by atoms with Crippen molar-refractivity contribution in [3.8, 4) is 0 Å². The third-order valence-corrected chi connectivity index (χ3v) is 4.00. The van der Waals surface area contributed by atoms with E-state index in [0.29, 0.717) is 0 Å². The van der Waals surface area contributed by atoms with Gasteiger partial charge in [-0.1, -0.05) is 13.0 Å². The first kappa shape index (κ1) is 13.6. The lowest BCUT2D eigenvalue weighted by Crippen LogP contribution is -2.41. The first-order valence-electron chi connectivity index (χ1n) is 6.58. The van der Waals surface area contributed by atoms with Crippen molar-refractivity contribution in [2.24, 2.45) is 0 Å². The summed E-state index contributed by atoms with van der Waals surface area (Å²) < 4.78 is 12.1. The molecule has 1 aliphatic rings.